The summed E-state index contributed by atoms with van der Waals surface area (Å²) < 4.78 is 0. The number of anilines is 1. The van der Waals surface area contributed by atoms with Crippen LogP contribution < -0.4 is 10.3 Å². The van der Waals surface area contributed by atoms with Gasteiger partial charge in [0.1, 0.15) is 5.56 Å². The highest BCUT2D eigenvalue weighted by Gasteiger charge is 2.25. The van der Waals surface area contributed by atoms with Gasteiger partial charge < -0.3 is 14.8 Å². The van der Waals surface area contributed by atoms with Gasteiger partial charge in [-0.3, -0.25) is 9.59 Å². The minimum Gasteiger partial charge on any atom is -0.360 e. The minimum atomic E-state index is -0.283. The Morgan fingerprint density at radius 3 is 2.58 bits per heavy atom. The van der Waals surface area contributed by atoms with Crippen molar-refractivity contribution in [2.75, 3.05) is 31.1 Å². The number of piperazine rings is 1. The van der Waals surface area contributed by atoms with E-state index in [2.05, 4.69) is 15.0 Å². The van der Waals surface area contributed by atoms with E-state index >= 15 is 0 Å². The number of rotatable bonds is 2. The quantitative estimate of drug-likeness (QED) is 0.746. The third-order valence-corrected chi connectivity index (χ3v) is 4.71. The Balaban J connectivity index is 1.54. The zero-order valence-electron chi connectivity index (χ0n) is 13.9. The van der Waals surface area contributed by atoms with Crippen molar-refractivity contribution in [3.8, 4) is 0 Å². The Bertz CT molecular complexity index is 1010. The van der Waals surface area contributed by atoms with Crippen molar-refractivity contribution < 1.29 is 4.79 Å². The molecule has 0 saturated carbocycles. The summed E-state index contributed by atoms with van der Waals surface area (Å²) in [7, 11) is 0. The van der Waals surface area contributed by atoms with Crippen molar-refractivity contribution in [2.45, 2.75) is 0 Å². The van der Waals surface area contributed by atoms with Gasteiger partial charge in [0, 0.05) is 55.2 Å². The maximum atomic E-state index is 12.8. The predicted molar refractivity (Wildman–Crippen MR) is 99.7 cm³/mol. The lowest BCUT2D eigenvalue weighted by atomic mass is 10.1. The Morgan fingerprint density at radius 2 is 1.85 bits per heavy atom. The van der Waals surface area contributed by atoms with E-state index in [1.165, 1.54) is 6.20 Å². The SMILES string of the molecule is O=C(c1c[nH]c2cc(Cl)ccc2c1=O)N1CCN(c2ncccn2)CC1. The van der Waals surface area contributed by atoms with E-state index in [-0.39, 0.29) is 16.9 Å². The number of hydrogen-bond acceptors (Lipinski definition) is 5. The van der Waals surface area contributed by atoms with E-state index in [1.807, 2.05) is 4.90 Å². The van der Waals surface area contributed by atoms with Gasteiger partial charge >= 0.3 is 0 Å². The monoisotopic (exact) mass is 369 g/mol. The molecule has 132 valence electrons. The van der Waals surface area contributed by atoms with E-state index in [4.69, 9.17) is 11.6 Å². The lowest BCUT2D eigenvalue weighted by Gasteiger charge is -2.34. The first-order chi connectivity index (χ1) is 12.6. The topological polar surface area (TPSA) is 82.2 Å². The number of fused-ring (bicyclic) bond motifs is 1. The van der Waals surface area contributed by atoms with Crippen LogP contribution in [0, 0.1) is 0 Å². The zero-order valence-corrected chi connectivity index (χ0v) is 14.6. The summed E-state index contributed by atoms with van der Waals surface area (Å²) in [5.41, 5.74) is 0.476. The second kappa shape index (κ2) is 6.76. The highest BCUT2D eigenvalue weighted by atomic mass is 35.5. The molecule has 0 aliphatic carbocycles. The van der Waals surface area contributed by atoms with Gasteiger partial charge in [-0.2, -0.15) is 0 Å². The molecule has 1 amide bonds. The maximum absolute atomic E-state index is 12.8. The molecule has 1 aromatic carbocycles. The molecule has 8 heteroatoms. The Morgan fingerprint density at radius 1 is 1.12 bits per heavy atom. The summed E-state index contributed by atoms with van der Waals surface area (Å²) in [5, 5.41) is 0.989. The molecular weight excluding hydrogens is 354 g/mol. The van der Waals surface area contributed by atoms with Gasteiger partial charge in [0.2, 0.25) is 11.4 Å². The third kappa shape index (κ3) is 3.01. The van der Waals surface area contributed by atoms with Crippen LogP contribution in [0.15, 0.2) is 47.7 Å². The first kappa shape index (κ1) is 16.5. The smallest absolute Gasteiger partial charge is 0.259 e. The molecule has 26 heavy (non-hydrogen) atoms. The maximum Gasteiger partial charge on any atom is 0.259 e. The summed E-state index contributed by atoms with van der Waals surface area (Å²) in [4.78, 5) is 40.6. The summed E-state index contributed by atoms with van der Waals surface area (Å²) in [6.07, 6.45) is 4.86. The van der Waals surface area contributed by atoms with Crippen molar-refractivity contribution >= 4 is 34.4 Å². The van der Waals surface area contributed by atoms with Gasteiger partial charge in [-0.05, 0) is 24.3 Å². The molecule has 0 bridgehead atoms. The molecule has 0 unspecified atom stereocenters. The molecule has 2 aromatic heterocycles. The van der Waals surface area contributed by atoms with Crippen LogP contribution in [0.4, 0.5) is 5.95 Å². The predicted octanol–water partition coefficient (Wildman–Crippen LogP) is 1.93. The lowest BCUT2D eigenvalue weighted by molar-refractivity contribution is 0.0745. The van der Waals surface area contributed by atoms with Crippen LogP contribution in [0.2, 0.25) is 5.02 Å². The van der Waals surface area contributed by atoms with E-state index in [0.717, 1.165) is 0 Å². The summed E-state index contributed by atoms with van der Waals surface area (Å²) in [6.45, 7) is 2.26. The number of pyridine rings is 1. The summed E-state index contributed by atoms with van der Waals surface area (Å²) in [5.74, 6) is 0.386. The Hall–Kier alpha value is -2.93. The van der Waals surface area contributed by atoms with Gasteiger partial charge in [-0.15, -0.1) is 0 Å². The number of nitrogens with one attached hydrogen (secondary N) is 1. The van der Waals surface area contributed by atoms with Crippen molar-refractivity contribution in [3.05, 3.63) is 63.7 Å². The number of H-pyrrole nitrogens is 1. The molecule has 1 N–H and O–H groups in total. The number of carbonyl (C=O) groups excluding carboxylic acids is 1. The Kier molecular flexibility index (Phi) is 4.30. The number of aromatic nitrogens is 3. The number of hydrogen-bond donors (Lipinski definition) is 1. The van der Waals surface area contributed by atoms with Crippen molar-refractivity contribution in [3.63, 3.8) is 0 Å². The minimum absolute atomic E-state index is 0.143. The molecule has 1 saturated heterocycles. The van der Waals surface area contributed by atoms with Crippen LogP contribution in [0.1, 0.15) is 10.4 Å². The molecular formula is C18H16ClN5O2. The largest absolute Gasteiger partial charge is 0.360 e. The van der Waals surface area contributed by atoms with Crippen molar-refractivity contribution in [1.29, 1.82) is 0 Å². The standard InChI is InChI=1S/C18H16ClN5O2/c19-12-2-3-13-15(10-12)22-11-14(16(13)25)17(26)23-6-8-24(9-7-23)18-20-4-1-5-21-18/h1-5,10-11H,6-9H2,(H,22,25). The summed E-state index contributed by atoms with van der Waals surface area (Å²) >= 11 is 5.95. The molecule has 0 radical (unpaired) electrons. The van der Waals surface area contributed by atoms with Crippen LogP contribution in [0.25, 0.3) is 10.9 Å². The second-order valence-electron chi connectivity index (χ2n) is 6.05. The number of nitrogens with zero attached hydrogens (tertiary/aromatic N) is 4. The Labute approximate surface area is 154 Å². The summed E-state index contributed by atoms with van der Waals surface area (Å²) in [6, 6.07) is 6.72. The van der Waals surface area contributed by atoms with Crippen LogP contribution >= 0.6 is 11.6 Å². The fraction of sp³-hybridized carbons (Fsp3) is 0.222. The molecule has 3 heterocycles. The normalized spacial score (nSPS) is 14.7. The molecule has 7 nitrogen and oxygen atoms in total. The molecule has 1 fully saturated rings. The molecule has 1 aliphatic rings. The molecule has 4 rings (SSSR count). The first-order valence-electron chi connectivity index (χ1n) is 8.26. The number of carbonyl (C=O) groups is 1. The molecule has 0 spiro atoms. The van der Waals surface area contributed by atoms with Crippen molar-refractivity contribution in [1.82, 2.24) is 19.9 Å². The van der Waals surface area contributed by atoms with Gasteiger partial charge in [-0.25, -0.2) is 9.97 Å². The number of benzene rings is 1. The van der Waals surface area contributed by atoms with Crippen LogP contribution in [-0.2, 0) is 0 Å². The average Bonchev–Trinajstić information content (AvgIpc) is 2.68. The van der Waals surface area contributed by atoms with Crippen molar-refractivity contribution in [2.24, 2.45) is 0 Å². The average molecular weight is 370 g/mol. The molecule has 1 aliphatic heterocycles. The highest BCUT2D eigenvalue weighted by Crippen LogP contribution is 2.16. The fourth-order valence-corrected chi connectivity index (χ4v) is 3.26. The van der Waals surface area contributed by atoms with Gasteiger partial charge in [-0.1, -0.05) is 11.6 Å². The third-order valence-electron chi connectivity index (χ3n) is 4.48. The zero-order chi connectivity index (χ0) is 18.1. The highest BCUT2D eigenvalue weighted by molar-refractivity contribution is 6.31. The van der Waals surface area contributed by atoms with E-state index < -0.39 is 0 Å². The first-order valence-corrected chi connectivity index (χ1v) is 8.63. The van der Waals surface area contributed by atoms with E-state index in [1.54, 1.807) is 41.6 Å². The van der Waals surface area contributed by atoms with E-state index in [0.29, 0.717) is 48.1 Å². The lowest BCUT2D eigenvalue weighted by Crippen LogP contribution is -2.50. The second-order valence-corrected chi connectivity index (χ2v) is 6.49. The number of amides is 1. The van der Waals surface area contributed by atoms with Crippen LogP contribution in [-0.4, -0.2) is 51.9 Å². The molecule has 0 atom stereocenters. The number of aromatic amines is 1. The van der Waals surface area contributed by atoms with Gasteiger partial charge in [0.25, 0.3) is 5.91 Å². The van der Waals surface area contributed by atoms with Gasteiger partial charge in [0.05, 0.1) is 5.52 Å². The van der Waals surface area contributed by atoms with Gasteiger partial charge in [0.15, 0.2) is 0 Å². The molecule has 3 aromatic rings. The van der Waals surface area contributed by atoms with E-state index in [9.17, 15) is 9.59 Å². The number of halogens is 1. The van der Waals surface area contributed by atoms with Crippen LogP contribution in [0.3, 0.4) is 0 Å². The van der Waals surface area contributed by atoms with Crippen LogP contribution in [0.5, 0.6) is 0 Å². The fourth-order valence-electron chi connectivity index (χ4n) is 3.09.